The number of benzene rings is 2. The van der Waals surface area contributed by atoms with E-state index in [4.69, 9.17) is 0 Å². The van der Waals surface area contributed by atoms with Crippen LogP contribution in [0.25, 0.3) is 0 Å². The molecule has 1 aromatic heterocycles. The first kappa shape index (κ1) is 24.4. The summed E-state index contributed by atoms with van der Waals surface area (Å²) in [6.07, 6.45) is 3.08. The molecule has 4 rings (SSSR count). The summed E-state index contributed by atoms with van der Waals surface area (Å²) in [5.74, 6) is 0.511. The fourth-order valence-electron chi connectivity index (χ4n) is 4.16. The predicted molar refractivity (Wildman–Crippen MR) is 139 cm³/mol. The molecule has 1 atom stereocenters. The van der Waals surface area contributed by atoms with E-state index in [0.717, 1.165) is 24.2 Å². The number of anilines is 2. The second kappa shape index (κ2) is 11.6. The van der Waals surface area contributed by atoms with Crippen LogP contribution in [0.1, 0.15) is 29.2 Å². The monoisotopic (exact) mass is 471 g/mol. The molecular weight excluding hydrogens is 438 g/mol. The van der Waals surface area contributed by atoms with Crippen LogP contribution in [-0.2, 0) is 16.0 Å². The van der Waals surface area contributed by atoms with E-state index in [2.05, 4.69) is 51.7 Å². The van der Waals surface area contributed by atoms with Gasteiger partial charge in [0, 0.05) is 39.6 Å². The second-order valence-electron chi connectivity index (χ2n) is 8.98. The van der Waals surface area contributed by atoms with Gasteiger partial charge in [-0.1, -0.05) is 60.2 Å². The minimum Gasteiger partial charge on any atom is -0.368 e. The Balaban J connectivity index is 1.39. The van der Waals surface area contributed by atoms with Crippen LogP contribution in [0, 0.1) is 6.92 Å². The third-order valence-electron chi connectivity index (χ3n) is 6.37. The minimum atomic E-state index is -0.490. The number of pyridine rings is 1. The van der Waals surface area contributed by atoms with Gasteiger partial charge in [-0.2, -0.15) is 0 Å². The Hall–Kier alpha value is -3.71. The van der Waals surface area contributed by atoms with Crippen LogP contribution in [0.5, 0.6) is 0 Å². The average molecular weight is 472 g/mol. The highest BCUT2D eigenvalue weighted by molar-refractivity contribution is 5.94. The van der Waals surface area contributed by atoms with Gasteiger partial charge in [0.05, 0.1) is 11.9 Å². The van der Waals surface area contributed by atoms with E-state index in [0.29, 0.717) is 31.9 Å². The van der Waals surface area contributed by atoms with Crippen LogP contribution in [0.15, 0.2) is 72.9 Å². The van der Waals surface area contributed by atoms with Crippen LogP contribution in [0.4, 0.5) is 11.5 Å². The first-order valence-electron chi connectivity index (χ1n) is 12.1. The van der Waals surface area contributed by atoms with Crippen molar-refractivity contribution in [3.8, 4) is 0 Å². The number of nitrogens with one attached hydrogen (secondary N) is 2. The quantitative estimate of drug-likeness (QED) is 0.525. The zero-order chi connectivity index (χ0) is 24.6. The molecule has 3 aromatic rings. The number of hydrogen-bond donors (Lipinski definition) is 2. The minimum absolute atomic E-state index is 0.151. The number of carbonyl (C=O) groups is 2. The number of aromatic nitrogens is 1. The Morgan fingerprint density at radius 3 is 2.49 bits per heavy atom. The summed E-state index contributed by atoms with van der Waals surface area (Å²) < 4.78 is 0. The van der Waals surface area contributed by atoms with Crippen molar-refractivity contribution >= 4 is 23.3 Å². The van der Waals surface area contributed by atoms with Gasteiger partial charge in [-0.25, -0.2) is 4.98 Å². The Kier molecular flexibility index (Phi) is 8.11. The van der Waals surface area contributed by atoms with Gasteiger partial charge in [0.15, 0.2) is 0 Å². The molecule has 182 valence electrons. The number of hydrogen-bond acceptors (Lipinski definition) is 5. The van der Waals surface area contributed by atoms with Gasteiger partial charge in [-0.15, -0.1) is 0 Å². The lowest BCUT2D eigenvalue weighted by molar-refractivity contribution is -0.129. The molecule has 2 aromatic carbocycles. The van der Waals surface area contributed by atoms with Crippen molar-refractivity contribution in [3.63, 3.8) is 0 Å². The van der Waals surface area contributed by atoms with Crippen LogP contribution < -0.4 is 15.5 Å². The normalized spacial score (nSPS) is 15.0. The molecule has 0 unspecified atom stereocenters. The molecule has 35 heavy (non-hydrogen) atoms. The smallest absolute Gasteiger partial charge is 0.247 e. The standard InChI is InChI=1S/C28H33N5O2/c1-21-8-10-22(11-9-21)14-16-29-27(23-6-4-3-5-7-23)28(35)31-25-13-12-24(20-30-25)33-17-15-26(34)32(2)18-19-33/h3-13,20,27,29H,14-19H2,1-2H3,(H,30,31,35)/t27-/m1/s1. The molecule has 0 bridgehead atoms. The molecule has 1 aliphatic heterocycles. The van der Waals surface area contributed by atoms with Crippen LogP contribution in [0.2, 0.25) is 0 Å². The summed E-state index contributed by atoms with van der Waals surface area (Å²) in [5, 5.41) is 6.37. The average Bonchev–Trinajstić information content (AvgIpc) is 3.04. The van der Waals surface area contributed by atoms with E-state index in [1.807, 2.05) is 49.5 Å². The van der Waals surface area contributed by atoms with Gasteiger partial charge in [0.2, 0.25) is 11.8 Å². The second-order valence-corrected chi connectivity index (χ2v) is 8.98. The maximum atomic E-state index is 13.2. The van der Waals surface area contributed by atoms with Gasteiger partial charge < -0.3 is 20.4 Å². The topological polar surface area (TPSA) is 77.6 Å². The largest absolute Gasteiger partial charge is 0.368 e. The molecule has 2 heterocycles. The van der Waals surface area contributed by atoms with E-state index in [-0.39, 0.29) is 11.8 Å². The van der Waals surface area contributed by atoms with Gasteiger partial charge >= 0.3 is 0 Å². The van der Waals surface area contributed by atoms with E-state index in [1.165, 1.54) is 11.1 Å². The Bertz CT molecular complexity index is 1120. The molecule has 7 heteroatoms. The lowest BCUT2D eigenvalue weighted by Gasteiger charge is -2.22. The number of carbonyl (C=O) groups excluding carboxylic acids is 2. The van der Waals surface area contributed by atoms with Gasteiger partial charge in [0.25, 0.3) is 0 Å². The Morgan fingerprint density at radius 1 is 1.00 bits per heavy atom. The van der Waals surface area contributed by atoms with E-state index in [1.54, 1.807) is 11.1 Å². The molecule has 0 aliphatic carbocycles. The first-order chi connectivity index (χ1) is 17.0. The lowest BCUT2D eigenvalue weighted by Crippen LogP contribution is -2.34. The highest BCUT2D eigenvalue weighted by Gasteiger charge is 2.21. The summed E-state index contributed by atoms with van der Waals surface area (Å²) in [4.78, 5) is 33.6. The summed E-state index contributed by atoms with van der Waals surface area (Å²) >= 11 is 0. The number of likely N-dealkylation sites (N-methyl/N-ethyl adjacent to an activating group) is 1. The Labute approximate surface area is 207 Å². The maximum Gasteiger partial charge on any atom is 0.247 e. The van der Waals surface area contributed by atoms with Crippen LogP contribution in [-0.4, -0.2) is 54.9 Å². The van der Waals surface area contributed by atoms with Crippen molar-refractivity contribution in [1.29, 1.82) is 0 Å². The highest BCUT2D eigenvalue weighted by Crippen LogP contribution is 2.19. The first-order valence-corrected chi connectivity index (χ1v) is 12.1. The molecule has 0 spiro atoms. The van der Waals surface area contributed by atoms with E-state index >= 15 is 0 Å². The molecular formula is C28H33N5O2. The highest BCUT2D eigenvalue weighted by atomic mass is 16.2. The fraction of sp³-hybridized carbons (Fsp3) is 0.321. The molecule has 0 radical (unpaired) electrons. The number of nitrogens with zero attached hydrogens (tertiary/aromatic N) is 3. The molecule has 2 N–H and O–H groups in total. The Morgan fingerprint density at radius 2 is 1.77 bits per heavy atom. The van der Waals surface area contributed by atoms with Gasteiger partial charge in [-0.05, 0) is 36.6 Å². The van der Waals surface area contributed by atoms with Crippen LogP contribution >= 0.6 is 0 Å². The number of rotatable bonds is 8. The molecule has 1 aliphatic rings. The third-order valence-corrected chi connectivity index (χ3v) is 6.37. The molecule has 1 fully saturated rings. The summed E-state index contributed by atoms with van der Waals surface area (Å²) in [5.41, 5.74) is 4.32. The number of aryl methyl sites for hydroxylation is 1. The molecule has 7 nitrogen and oxygen atoms in total. The van der Waals surface area contributed by atoms with E-state index < -0.39 is 6.04 Å². The number of amides is 2. The molecule has 0 saturated carbocycles. The van der Waals surface area contributed by atoms with Crippen LogP contribution in [0.3, 0.4) is 0 Å². The van der Waals surface area contributed by atoms with Crippen molar-refractivity contribution in [1.82, 2.24) is 15.2 Å². The maximum absolute atomic E-state index is 13.2. The SMILES string of the molecule is Cc1ccc(CCN[C@@H](C(=O)Nc2ccc(N3CCC(=O)N(C)CC3)cn2)c2ccccc2)cc1. The van der Waals surface area contributed by atoms with Crippen molar-refractivity contribution in [2.24, 2.45) is 0 Å². The zero-order valence-corrected chi connectivity index (χ0v) is 20.4. The lowest BCUT2D eigenvalue weighted by atomic mass is 10.1. The summed E-state index contributed by atoms with van der Waals surface area (Å²) in [6.45, 7) is 4.86. The van der Waals surface area contributed by atoms with Crippen molar-refractivity contribution in [3.05, 3.63) is 89.6 Å². The van der Waals surface area contributed by atoms with Gasteiger partial charge in [-0.3, -0.25) is 9.59 Å². The third kappa shape index (κ3) is 6.67. The molecule has 1 saturated heterocycles. The van der Waals surface area contributed by atoms with Gasteiger partial charge in [0.1, 0.15) is 11.9 Å². The summed E-state index contributed by atoms with van der Waals surface area (Å²) in [6, 6.07) is 21.5. The van der Waals surface area contributed by atoms with Crippen molar-refractivity contribution in [2.75, 3.05) is 43.4 Å². The van der Waals surface area contributed by atoms with Crippen molar-refractivity contribution in [2.45, 2.75) is 25.8 Å². The molecule has 2 amide bonds. The van der Waals surface area contributed by atoms with E-state index in [9.17, 15) is 9.59 Å². The predicted octanol–water partition coefficient (Wildman–Crippen LogP) is 3.57. The fourth-order valence-corrected chi connectivity index (χ4v) is 4.16. The summed E-state index contributed by atoms with van der Waals surface area (Å²) in [7, 11) is 1.83. The van der Waals surface area contributed by atoms with Crippen molar-refractivity contribution < 1.29 is 9.59 Å². The zero-order valence-electron chi connectivity index (χ0n) is 20.4.